The first kappa shape index (κ1) is 25.2. The lowest BCUT2D eigenvalue weighted by Gasteiger charge is -2.19. The smallest absolute Gasteiger partial charge is 0.319 e. The van der Waals surface area contributed by atoms with Crippen LogP contribution in [-0.2, 0) is 16.6 Å². The molecule has 0 fully saturated rings. The lowest BCUT2D eigenvalue weighted by Crippen LogP contribution is -2.36. The van der Waals surface area contributed by atoms with E-state index >= 15 is 0 Å². The van der Waals surface area contributed by atoms with Crippen molar-refractivity contribution in [1.29, 1.82) is 0 Å². The van der Waals surface area contributed by atoms with Crippen molar-refractivity contribution >= 4 is 17.7 Å². The number of amides is 2. The molecule has 0 spiro atoms. The average Bonchev–Trinajstić information content (AvgIpc) is 2.85. The number of pyridine rings is 1. The third kappa shape index (κ3) is 6.53. The number of para-hydroxylation sites is 2. The molecule has 35 heavy (non-hydrogen) atoms. The second-order valence-corrected chi connectivity index (χ2v) is 7.47. The molecule has 1 heterocycles. The number of carbonyl (C=O) groups excluding carboxylic acids is 2. The van der Waals surface area contributed by atoms with Gasteiger partial charge in [0, 0.05) is 13.2 Å². The highest BCUT2D eigenvalue weighted by Crippen LogP contribution is 2.31. The van der Waals surface area contributed by atoms with E-state index in [0.717, 1.165) is 0 Å². The molecule has 3 rings (SSSR count). The Balaban J connectivity index is 1.79. The van der Waals surface area contributed by atoms with Gasteiger partial charge >= 0.3 is 12.0 Å². The van der Waals surface area contributed by atoms with Crippen molar-refractivity contribution in [2.45, 2.75) is 19.4 Å². The highest BCUT2D eigenvalue weighted by Gasteiger charge is 2.21. The number of aryl methyl sites for hydroxylation is 1. The molecule has 3 N–H and O–H groups in total. The highest BCUT2D eigenvalue weighted by molar-refractivity contribution is 5.91. The van der Waals surface area contributed by atoms with Crippen LogP contribution in [0.15, 0.2) is 65.6 Å². The fourth-order valence-corrected chi connectivity index (χ4v) is 3.28. The van der Waals surface area contributed by atoms with Crippen molar-refractivity contribution in [3.8, 4) is 23.0 Å². The van der Waals surface area contributed by atoms with E-state index < -0.39 is 23.6 Å². The number of benzene rings is 2. The van der Waals surface area contributed by atoms with Crippen LogP contribution in [0, 0.1) is 0 Å². The molecule has 10 nitrogen and oxygen atoms in total. The third-order valence-electron chi connectivity index (χ3n) is 5.05. The first-order valence-corrected chi connectivity index (χ1v) is 10.8. The summed E-state index contributed by atoms with van der Waals surface area (Å²) in [6, 6.07) is 13.7. The number of hydrogen-bond donors (Lipinski definition) is 3. The van der Waals surface area contributed by atoms with E-state index in [1.807, 2.05) is 12.1 Å². The fourth-order valence-electron chi connectivity index (χ4n) is 3.28. The lowest BCUT2D eigenvalue weighted by atomic mass is 10.0. The molecule has 1 atom stereocenters. The molecular weight excluding hydrogens is 454 g/mol. The minimum absolute atomic E-state index is 0.146. The molecule has 10 heteroatoms. The molecule has 0 saturated heterocycles. The molecule has 0 aliphatic heterocycles. The van der Waals surface area contributed by atoms with Gasteiger partial charge in [0.2, 0.25) is 0 Å². The van der Waals surface area contributed by atoms with E-state index in [9.17, 15) is 19.5 Å². The van der Waals surface area contributed by atoms with E-state index in [2.05, 4.69) is 10.6 Å². The molecule has 2 aromatic carbocycles. The predicted octanol–water partition coefficient (Wildman–Crippen LogP) is 3.71. The van der Waals surface area contributed by atoms with Gasteiger partial charge in [-0.25, -0.2) is 4.79 Å². The Morgan fingerprint density at radius 1 is 1.06 bits per heavy atom. The van der Waals surface area contributed by atoms with Crippen LogP contribution in [0.3, 0.4) is 0 Å². The number of anilines is 1. The number of ether oxygens (including phenoxy) is 3. The molecule has 0 radical (unpaired) electrons. The number of methoxy groups -OCH3 is 1. The molecule has 0 saturated carbocycles. The average molecular weight is 482 g/mol. The van der Waals surface area contributed by atoms with Crippen LogP contribution in [0.25, 0.3) is 0 Å². The van der Waals surface area contributed by atoms with Crippen LogP contribution in [0.5, 0.6) is 23.0 Å². The number of aromatic nitrogens is 1. The highest BCUT2D eigenvalue weighted by atomic mass is 16.5. The number of carbonyl (C=O) groups is 2. The zero-order valence-electron chi connectivity index (χ0n) is 19.6. The predicted molar refractivity (Wildman–Crippen MR) is 129 cm³/mol. The summed E-state index contributed by atoms with van der Waals surface area (Å²) in [6.45, 7) is 1.88. The number of nitrogens with one attached hydrogen (secondary N) is 2. The zero-order valence-corrected chi connectivity index (χ0v) is 19.6. The van der Waals surface area contributed by atoms with Crippen molar-refractivity contribution < 1.29 is 28.9 Å². The van der Waals surface area contributed by atoms with Gasteiger partial charge in [0.05, 0.1) is 26.2 Å². The van der Waals surface area contributed by atoms with E-state index in [1.54, 1.807) is 50.4 Å². The largest absolute Gasteiger partial charge is 0.505 e. The Morgan fingerprint density at radius 2 is 1.74 bits per heavy atom. The summed E-state index contributed by atoms with van der Waals surface area (Å²) in [5.74, 6) is 0.752. The molecule has 0 aliphatic rings. The second kappa shape index (κ2) is 11.6. The number of hydrogen-bond acceptors (Lipinski definition) is 7. The molecule has 184 valence electrons. The number of rotatable bonds is 9. The van der Waals surface area contributed by atoms with Gasteiger partial charge in [-0.1, -0.05) is 24.3 Å². The Bertz CT molecular complexity index is 1240. The quantitative estimate of drug-likeness (QED) is 0.398. The molecule has 1 aromatic heterocycles. The van der Waals surface area contributed by atoms with E-state index in [0.29, 0.717) is 22.8 Å². The van der Waals surface area contributed by atoms with Crippen LogP contribution in [0.4, 0.5) is 10.5 Å². The summed E-state index contributed by atoms with van der Waals surface area (Å²) in [6.07, 6.45) is 1.23. The van der Waals surface area contributed by atoms with Crippen LogP contribution < -0.4 is 25.7 Å². The van der Waals surface area contributed by atoms with Gasteiger partial charge in [-0.15, -0.1) is 0 Å². The Kier molecular flexibility index (Phi) is 8.33. The monoisotopic (exact) mass is 481 g/mol. The fraction of sp³-hybridized carbons (Fsp3) is 0.240. The first-order valence-electron chi connectivity index (χ1n) is 10.8. The summed E-state index contributed by atoms with van der Waals surface area (Å²) >= 11 is 0. The molecule has 3 aromatic rings. The minimum atomic E-state index is -0.774. The number of esters is 1. The Labute approximate surface area is 202 Å². The molecule has 2 amide bonds. The van der Waals surface area contributed by atoms with Crippen molar-refractivity contribution in [2.75, 3.05) is 19.0 Å². The lowest BCUT2D eigenvalue weighted by molar-refractivity contribution is -0.143. The van der Waals surface area contributed by atoms with E-state index in [4.69, 9.17) is 14.2 Å². The Hall–Kier alpha value is -4.47. The molecule has 0 bridgehead atoms. The molecule has 0 aliphatic carbocycles. The van der Waals surface area contributed by atoms with Crippen LogP contribution >= 0.6 is 0 Å². The molecule has 1 unspecified atom stereocenters. The maximum Gasteiger partial charge on any atom is 0.319 e. The van der Waals surface area contributed by atoms with Crippen molar-refractivity contribution in [1.82, 2.24) is 9.88 Å². The van der Waals surface area contributed by atoms with E-state index in [-0.39, 0.29) is 24.5 Å². The van der Waals surface area contributed by atoms with E-state index in [1.165, 1.54) is 23.9 Å². The second-order valence-electron chi connectivity index (χ2n) is 7.47. The third-order valence-corrected chi connectivity index (χ3v) is 5.05. The number of aromatic hydroxyl groups is 1. The maximum atomic E-state index is 12.7. The topological polar surface area (TPSA) is 128 Å². The van der Waals surface area contributed by atoms with Gasteiger partial charge in [-0.05, 0) is 42.8 Å². The normalized spacial score (nSPS) is 11.3. The van der Waals surface area contributed by atoms with Gasteiger partial charge in [-0.3, -0.25) is 9.59 Å². The van der Waals surface area contributed by atoms with Crippen molar-refractivity contribution in [2.24, 2.45) is 7.05 Å². The summed E-state index contributed by atoms with van der Waals surface area (Å²) < 4.78 is 17.4. The standard InChI is InChI=1S/C25H27N3O7/c1-4-34-22(30)15-18(26-25(32)27-23-19(29)13-14-28(2)24(23)31)16-9-11-17(12-10-16)35-21-8-6-5-7-20(21)33-3/h5-14,18,29H,4,15H2,1-3H3,(H2,26,27,32). The summed E-state index contributed by atoms with van der Waals surface area (Å²) in [5.41, 5.74) is -0.256. The number of nitrogens with zero attached hydrogens (tertiary/aromatic N) is 1. The van der Waals surface area contributed by atoms with Gasteiger partial charge in [0.15, 0.2) is 17.2 Å². The van der Waals surface area contributed by atoms with Crippen LogP contribution in [0.2, 0.25) is 0 Å². The SMILES string of the molecule is CCOC(=O)CC(NC(=O)Nc1c(O)ccn(C)c1=O)c1ccc(Oc2ccccc2OC)cc1. The van der Waals surface area contributed by atoms with Gasteiger partial charge in [0.1, 0.15) is 11.5 Å². The minimum Gasteiger partial charge on any atom is -0.505 e. The zero-order chi connectivity index (χ0) is 25.4. The van der Waals surface area contributed by atoms with Crippen molar-refractivity contribution in [3.63, 3.8) is 0 Å². The first-order chi connectivity index (χ1) is 16.8. The van der Waals surface area contributed by atoms with Gasteiger partial charge in [-0.2, -0.15) is 0 Å². The van der Waals surface area contributed by atoms with Crippen molar-refractivity contribution in [3.05, 3.63) is 76.7 Å². The number of urea groups is 1. The Morgan fingerprint density at radius 3 is 2.40 bits per heavy atom. The summed E-state index contributed by atoms with van der Waals surface area (Å²) in [7, 11) is 3.04. The summed E-state index contributed by atoms with van der Waals surface area (Å²) in [5, 5.41) is 15.0. The summed E-state index contributed by atoms with van der Waals surface area (Å²) in [4.78, 5) is 37.1. The van der Waals surface area contributed by atoms with Gasteiger partial charge < -0.3 is 34.5 Å². The van der Waals surface area contributed by atoms with Crippen LogP contribution in [-0.4, -0.2) is 35.4 Å². The maximum absolute atomic E-state index is 12.7. The van der Waals surface area contributed by atoms with Gasteiger partial charge in [0.25, 0.3) is 5.56 Å². The molecular formula is C25H27N3O7. The van der Waals surface area contributed by atoms with Crippen LogP contribution in [0.1, 0.15) is 24.9 Å².